The van der Waals surface area contributed by atoms with E-state index in [0.29, 0.717) is 6.61 Å². The summed E-state index contributed by atoms with van der Waals surface area (Å²) in [5.74, 6) is -0.640. The summed E-state index contributed by atoms with van der Waals surface area (Å²) < 4.78 is 5.05. The molecule has 2 unspecified atom stereocenters. The number of nitro groups is 1. The van der Waals surface area contributed by atoms with Crippen molar-refractivity contribution in [2.45, 2.75) is 45.7 Å². The lowest BCUT2D eigenvalue weighted by Crippen LogP contribution is -2.43. The number of aromatic nitrogens is 2. The van der Waals surface area contributed by atoms with Crippen molar-refractivity contribution in [2.75, 3.05) is 11.5 Å². The van der Waals surface area contributed by atoms with Gasteiger partial charge in [-0.05, 0) is 45.2 Å². The fourth-order valence-corrected chi connectivity index (χ4v) is 2.56. The lowest BCUT2D eigenvalue weighted by Gasteiger charge is -2.32. The Morgan fingerprint density at radius 2 is 2.22 bits per heavy atom. The molecule has 126 valence electrons. The highest BCUT2D eigenvalue weighted by Gasteiger charge is 2.40. The van der Waals surface area contributed by atoms with Crippen LogP contribution in [0, 0.1) is 16.0 Å². The number of hydrogen-bond donors (Lipinski definition) is 0. The normalized spacial score (nSPS) is 16.5. The molecule has 0 aliphatic heterocycles. The van der Waals surface area contributed by atoms with Gasteiger partial charge in [-0.1, -0.05) is 0 Å². The van der Waals surface area contributed by atoms with Gasteiger partial charge in [0.05, 0.1) is 17.4 Å². The maximum atomic E-state index is 12.0. The van der Waals surface area contributed by atoms with Crippen LogP contribution in [0.4, 0.5) is 11.5 Å². The molecule has 1 aliphatic rings. The Morgan fingerprint density at radius 3 is 2.74 bits per heavy atom. The van der Waals surface area contributed by atoms with Gasteiger partial charge in [-0.25, -0.2) is 4.98 Å². The fourth-order valence-electron chi connectivity index (χ4n) is 2.43. The van der Waals surface area contributed by atoms with Gasteiger partial charge in [0, 0.05) is 12.1 Å². The molecule has 0 bridgehead atoms. The van der Waals surface area contributed by atoms with Gasteiger partial charge in [0.15, 0.2) is 0 Å². The van der Waals surface area contributed by atoms with Crippen LogP contribution < -0.4 is 4.90 Å². The molecule has 0 N–H and O–H groups in total. The molecule has 1 saturated carbocycles. The molecule has 23 heavy (non-hydrogen) atoms. The molecule has 8 nitrogen and oxygen atoms in total. The highest BCUT2D eigenvalue weighted by atomic mass is 35.5. The van der Waals surface area contributed by atoms with E-state index >= 15 is 0 Å². The van der Waals surface area contributed by atoms with E-state index < -0.39 is 10.8 Å². The molecular formula is C14H19ClN4O4. The average Bonchev–Trinajstić information content (AvgIpc) is 3.31. The van der Waals surface area contributed by atoms with E-state index in [9.17, 15) is 14.9 Å². The minimum absolute atomic E-state index is 0.0627. The Kier molecular flexibility index (Phi) is 5.35. The van der Waals surface area contributed by atoms with Crippen LogP contribution in [0.1, 0.15) is 33.6 Å². The average molecular weight is 343 g/mol. The van der Waals surface area contributed by atoms with Gasteiger partial charge in [-0.15, -0.1) is 0 Å². The largest absolute Gasteiger partial charge is 0.466 e. The summed E-state index contributed by atoms with van der Waals surface area (Å²) >= 11 is 5.82. The number of hydrogen-bond acceptors (Lipinski definition) is 7. The Morgan fingerprint density at radius 1 is 1.57 bits per heavy atom. The molecule has 0 spiro atoms. The molecule has 2 atom stereocenters. The predicted octanol–water partition coefficient (Wildman–Crippen LogP) is 2.59. The molecule has 1 aliphatic carbocycles. The van der Waals surface area contributed by atoms with E-state index in [0.717, 1.165) is 19.0 Å². The Hall–Kier alpha value is -1.96. The van der Waals surface area contributed by atoms with Crippen molar-refractivity contribution < 1.29 is 14.5 Å². The number of rotatable bonds is 7. The summed E-state index contributed by atoms with van der Waals surface area (Å²) in [5, 5.41) is 11.2. The second-order valence-electron chi connectivity index (χ2n) is 5.52. The standard InChI is InChI=1S/C14H19ClN4O4/c1-4-23-13(20)8(2)9(3)18(10-5-6-10)12-11(19(21)22)7-16-14(15)17-12/h7-10H,4-6H2,1-3H3. The zero-order chi connectivity index (χ0) is 17.1. The van der Waals surface area contributed by atoms with Gasteiger partial charge < -0.3 is 9.64 Å². The van der Waals surface area contributed by atoms with E-state index in [2.05, 4.69) is 9.97 Å². The lowest BCUT2D eigenvalue weighted by molar-refractivity contribution is -0.384. The predicted molar refractivity (Wildman–Crippen MR) is 84.5 cm³/mol. The number of anilines is 1. The number of esters is 1. The first-order chi connectivity index (χ1) is 10.9. The number of carbonyl (C=O) groups excluding carboxylic acids is 1. The molecule has 0 amide bonds. The molecular weight excluding hydrogens is 324 g/mol. The highest BCUT2D eigenvalue weighted by Crippen LogP contribution is 2.38. The molecule has 1 heterocycles. The Bertz CT molecular complexity index is 608. The minimum atomic E-state index is -0.539. The van der Waals surface area contributed by atoms with Crippen molar-refractivity contribution in [1.82, 2.24) is 9.97 Å². The molecule has 9 heteroatoms. The molecule has 1 aromatic heterocycles. The first kappa shape index (κ1) is 17.4. The summed E-state index contributed by atoms with van der Waals surface area (Å²) in [6, 6.07) is -0.210. The van der Waals surface area contributed by atoms with E-state index in [-0.39, 0.29) is 34.8 Å². The third-order valence-electron chi connectivity index (χ3n) is 3.92. The first-order valence-corrected chi connectivity index (χ1v) is 7.86. The van der Waals surface area contributed by atoms with Crippen LogP contribution in [-0.2, 0) is 9.53 Å². The quantitative estimate of drug-likeness (QED) is 0.325. The number of ether oxygens (including phenoxy) is 1. The van der Waals surface area contributed by atoms with Gasteiger partial charge in [0.25, 0.3) is 0 Å². The van der Waals surface area contributed by atoms with Crippen molar-refractivity contribution >= 4 is 29.1 Å². The van der Waals surface area contributed by atoms with Crippen molar-refractivity contribution in [2.24, 2.45) is 5.92 Å². The molecule has 1 aromatic rings. The van der Waals surface area contributed by atoms with Gasteiger partial charge in [-0.2, -0.15) is 4.98 Å². The van der Waals surface area contributed by atoms with Gasteiger partial charge in [-0.3, -0.25) is 14.9 Å². The maximum absolute atomic E-state index is 12.0. The van der Waals surface area contributed by atoms with Crippen molar-refractivity contribution in [1.29, 1.82) is 0 Å². The van der Waals surface area contributed by atoms with Gasteiger partial charge in [0.2, 0.25) is 11.1 Å². The molecule has 2 rings (SSSR count). The van der Waals surface area contributed by atoms with E-state index in [1.807, 2.05) is 6.92 Å². The number of carbonyl (C=O) groups is 1. The van der Waals surface area contributed by atoms with Gasteiger partial charge in [0.1, 0.15) is 6.20 Å². The maximum Gasteiger partial charge on any atom is 0.329 e. The van der Waals surface area contributed by atoms with Crippen molar-refractivity contribution in [3.8, 4) is 0 Å². The van der Waals surface area contributed by atoms with Crippen LogP contribution in [0.3, 0.4) is 0 Å². The monoisotopic (exact) mass is 342 g/mol. The summed E-state index contributed by atoms with van der Waals surface area (Å²) in [5.41, 5.74) is -0.218. The van der Waals surface area contributed by atoms with Crippen LogP contribution in [0.15, 0.2) is 6.20 Å². The topological polar surface area (TPSA) is 98.5 Å². The second-order valence-corrected chi connectivity index (χ2v) is 5.86. The van der Waals surface area contributed by atoms with E-state index in [4.69, 9.17) is 16.3 Å². The van der Waals surface area contributed by atoms with Crippen LogP contribution >= 0.6 is 11.6 Å². The number of nitrogens with zero attached hydrogens (tertiary/aromatic N) is 4. The zero-order valence-corrected chi connectivity index (χ0v) is 14.0. The van der Waals surface area contributed by atoms with Crippen LogP contribution in [0.2, 0.25) is 5.28 Å². The van der Waals surface area contributed by atoms with Gasteiger partial charge >= 0.3 is 11.7 Å². The Labute approximate surface area is 139 Å². The van der Waals surface area contributed by atoms with Crippen LogP contribution in [0.5, 0.6) is 0 Å². The lowest BCUT2D eigenvalue weighted by atomic mass is 10.0. The molecule has 1 fully saturated rings. The molecule has 0 radical (unpaired) electrons. The third kappa shape index (κ3) is 3.87. The second kappa shape index (κ2) is 7.08. The van der Waals surface area contributed by atoms with Crippen molar-refractivity contribution in [3.63, 3.8) is 0 Å². The highest BCUT2D eigenvalue weighted by molar-refractivity contribution is 6.28. The molecule has 0 saturated heterocycles. The first-order valence-electron chi connectivity index (χ1n) is 7.48. The molecule has 0 aromatic carbocycles. The third-order valence-corrected chi connectivity index (χ3v) is 4.11. The summed E-state index contributed by atoms with van der Waals surface area (Å²) in [7, 11) is 0. The Balaban J connectivity index is 2.37. The SMILES string of the molecule is CCOC(=O)C(C)C(C)N(c1nc(Cl)ncc1[N+](=O)[O-])C1CC1. The van der Waals surface area contributed by atoms with Crippen LogP contribution in [0.25, 0.3) is 0 Å². The fraction of sp³-hybridized carbons (Fsp3) is 0.643. The zero-order valence-electron chi connectivity index (χ0n) is 13.2. The smallest absolute Gasteiger partial charge is 0.329 e. The van der Waals surface area contributed by atoms with E-state index in [1.165, 1.54) is 0 Å². The van der Waals surface area contributed by atoms with E-state index in [1.54, 1.807) is 18.7 Å². The minimum Gasteiger partial charge on any atom is -0.466 e. The van der Waals surface area contributed by atoms with Crippen molar-refractivity contribution in [3.05, 3.63) is 21.6 Å². The summed E-state index contributed by atoms with van der Waals surface area (Å²) in [4.78, 5) is 32.3. The number of halogens is 1. The summed E-state index contributed by atoms with van der Waals surface area (Å²) in [6.45, 7) is 5.61. The summed E-state index contributed by atoms with van der Waals surface area (Å²) in [6.07, 6.45) is 2.87. The van der Waals surface area contributed by atoms with Crippen LogP contribution in [-0.4, -0.2) is 39.6 Å².